The average molecular weight is 353 g/mol. The number of benzene rings is 3. The lowest BCUT2D eigenvalue weighted by atomic mass is 9.97. The summed E-state index contributed by atoms with van der Waals surface area (Å²) in [6.07, 6.45) is -1.01. The van der Waals surface area contributed by atoms with Crippen molar-refractivity contribution in [2.45, 2.75) is 17.0 Å². The molecule has 2 N–H and O–H groups in total. The Morgan fingerprint density at radius 3 is 1.64 bits per heavy atom. The maximum Gasteiger partial charge on any atom is 0.241 e. The van der Waals surface area contributed by atoms with Crippen LogP contribution in [0.25, 0.3) is 0 Å². The number of nitrogens with one attached hydrogen (secondary N) is 1. The molecular weight excluding hydrogens is 334 g/mol. The van der Waals surface area contributed by atoms with Gasteiger partial charge in [0, 0.05) is 0 Å². The van der Waals surface area contributed by atoms with E-state index in [1.54, 1.807) is 42.5 Å². The summed E-state index contributed by atoms with van der Waals surface area (Å²) in [4.78, 5) is 0.163. The molecule has 0 heterocycles. The summed E-state index contributed by atoms with van der Waals surface area (Å²) >= 11 is 0. The van der Waals surface area contributed by atoms with Gasteiger partial charge in [0.25, 0.3) is 0 Å². The second-order valence-corrected chi connectivity index (χ2v) is 7.39. The van der Waals surface area contributed by atoms with Gasteiger partial charge in [0.15, 0.2) is 0 Å². The second-order valence-electron chi connectivity index (χ2n) is 5.68. The van der Waals surface area contributed by atoms with Crippen LogP contribution in [0.15, 0.2) is 95.9 Å². The Bertz CT molecular complexity index is 897. The summed E-state index contributed by atoms with van der Waals surface area (Å²) in [5, 5.41) is 10.8. The van der Waals surface area contributed by atoms with Gasteiger partial charge in [0.05, 0.1) is 17.0 Å². The smallest absolute Gasteiger partial charge is 0.241 e. The predicted octanol–water partition coefficient (Wildman–Crippen LogP) is 3.44. The first kappa shape index (κ1) is 17.4. The summed E-state index contributed by atoms with van der Waals surface area (Å²) in [5.41, 5.74) is 1.34. The van der Waals surface area contributed by atoms with E-state index in [9.17, 15) is 13.5 Å². The first-order valence-corrected chi connectivity index (χ1v) is 9.41. The van der Waals surface area contributed by atoms with Crippen molar-refractivity contribution in [3.05, 3.63) is 102 Å². The average Bonchev–Trinajstić information content (AvgIpc) is 2.68. The van der Waals surface area contributed by atoms with E-state index >= 15 is 0 Å². The van der Waals surface area contributed by atoms with Crippen molar-refractivity contribution in [1.29, 1.82) is 0 Å². The highest BCUT2D eigenvalue weighted by Crippen LogP contribution is 2.30. The molecule has 5 heteroatoms. The monoisotopic (exact) mass is 353 g/mol. The minimum absolute atomic E-state index is 0.163. The zero-order valence-electron chi connectivity index (χ0n) is 13.5. The van der Waals surface area contributed by atoms with Gasteiger partial charge in [-0.2, -0.15) is 0 Å². The molecule has 25 heavy (non-hydrogen) atoms. The maximum atomic E-state index is 12.7. The normalized spacial score (nSPS) is 14.0. The minimum atomic E-state index is -3.77. The van der Waals surface area contributed by atoms with E-state index < -0.39 is 22.2 Å². The Hall–Kier alpha value is -2.47. The Morgan fingerprint density at radius 2 is 1.12 bits per heavy atom. The maximum absolute atomic E-state index is 12.7. The Kier molecular flexibility index (Phi) is 5.28. The molecule has 0 aliphatic heterocycles. The van der Waals surface area contributed by atoms with Crippen molar-refractivity contribution in [2.24, 2.45) is 0 Å². The molecular formula is C20H19NO3S. The van der Waals surface area contributed by atoms with E-state index in [2.05, 4.69) is 4.72 Å². The summed E-state index contributed by atoms with van der Waals surface area (Å²) in [6, 6.07) is 25.4. The van der Waals surface area contributed by atoms with Crippen molar-refractivity contribution < 1.29 is 13.5 Å². The summed E-state index contributed by atoms with van der Waals surface area (Å²) < 4.78 is 28.1. The standard InChI is InChI=1S/C20H19NO3S/c22-20(17-12-6-2-7-13-17)19(16-10-4-1-5-11-16)21-25(23,24)18-14-8-3-9-15-18/h1-15,19-22H/t19-,20+/m0/s1. The topological polar surface area (TPSA) is 66.4 Å². The van der Waals surface area contributed by atoms with Gasteiger partial charge in [0.1, 0.15) is 0 Å². The van der Waals surface area contributed by atoms with E-state index in [0.717, 1.165) is 0 Å². The Morgan fingerprint density at radius 1 is 0.680 bits per heavy atom. The van der Waals surface area contributed by atoms with Crippen molar-refractivity contribution in [3.63, 3.8) is 0 Å². The predicted molar refractivity (Wildman–Crippen MR) is 97.3 cm³/mol. The summed E-state index contributed by atoms with van der Waals surface area (Å²) in [5.74, 6) is 0. The van der Waals surface area contributed by atoms with Crippen LogP contribution in [0, 0.1) is 0 Å². The zero-order chi connectivity index (χ0) is 17.7. The van der Waals surface area contributed by atoms with Crippen molar-refractivity contribution in [2.75, 3.05) is 0 Å². The van der Waals surface area contributed by atoms with E-state index in [-0.39, 0.29) is 4.90 Å². The van der Waals surface area contributed by atoms with Crippen LogP contribution in [-0.2, 0) is 10.0 Å². The molecule has 4 nitrogen and oxygen atoms in total. The molecule has 0 amide bonds. The molecule has 0 radical (unpaired) electrons. The number of aliphatic hydroxyl groups is 1. The van der Waals surface area contributed by atoms with Crippen LogP contribution in [0.2, 0.25) is 0 Å². The molecule has 0 aliphatic carbocycles. The molecule has 3 aromatic rings. The Labute approximate surface area is 147 Å². The summed E-state index contributed by atoms with van der Waals surface area (Å²) in [7, 11) is -3.77. The van der Waals surface area contributed by atoms with Crippen LogP contribution in [0.4, 0.5) is 0 Å². The van der Waals surface area contributed by atoms with E-state index in [4.69, 9.17) is 0 Å². The van der Waals surface area contributed by atoms with Gasteiger partial charge in [-0.05, 0) is 23.3 Å². The van der Waals surface area contributed by atoms with Gasteiger partial charge in [0.2, 0.25) is 10.0 Å². The fraction of sp³-hybridized carbons (Fsp3) is 0.100. The molecule has 0 aliphatic rings. The quantitative estimate of drug-likeness (QED) is 0.713. The van der Waals surface area contributed by atoms with Crippen LogP contribution >= 0.6 is 0 Å². The number of rotatable bonds is 6. The molecule has 3 aromatic carbocycles. The van der Waals surface area contributed by atoms with Crippen LogP contribution in [0.1, 0.15) is 23.3 Å². The SMILES string of the molecule is O=S(=O)(N[C@@H](c1ccccc1)[C@H](O)c1ccccc1)c1ccccc1. The van der Waals surface area contributed by atoms with Gasteiger partial charge in [-0.15, -0.1) is 0 Å². The molecule has 0 aromatic heterocycles. The molecule has 0 saturated heterocycles. The highest BCUT2D eigenvalue weighted by Gasteiger charge is 2.28. The molecule has 0 fully saturated rings. The van der Waals surface area contributed by atoms with Crippen LogP contribution < -0.4 is 4.72 Å². The van der Waals surface area contributed by atoms with E-state index in [0.29, 0.717) is 11.1 Å². The second kappa shape index (κ2) is 7.61. The van der Waals surface area contributed by atoms with Gasteiger partial charge in [-0.1, -0.05) is 78.9 Å². The number of hydrogen-bond acceptors (Lipinski definition) is 3. The van der Waals surface area contributed by atoms with Gasteiger partial charge in [-0.25, -0.2) is 13.1 Å². The van der Waals surface area contributed by atoms with E-state index in [1.165, 1.54) is 12.1 Å². The highest BCUT2D eigenvalue weighted by molar-refractivity contribution is 7.89. The fourth-order valence-electron chi connectivity index (χ4n) is 2.65. The molecule has 2 atom stereocenters. The van der Waals surface area contributed by atoms with Crippen LogP contribution in [0.5, 0.6) is 0 Å². The lowest BCUT2D eigenvalue weighted by molar-refractivity contribution is 0.139. The first-order valence-electron chi connectivity index (χ1n) is 7.93. The zero-order valence-corrected chi connectivity index (χ0v) is 14.3. The molecule has 0 unspecified atom stereocenters. The Balaban J connectivity index is 1.98. The van der Waals surface area contributed by atoms with Gasteiger partial charge >= 0.3 is 0 Å². The van der Waals surface area contributed by atoms with E-state index in [1.807, 2.05) is 36.4 Å². The van der Waals surface area contributed by atoms with Crippen molar-refractivity contribution in [1.82, 2.24) is 4.72 Å². The third kappa shape index (κ3) is 4.14. The third-order valence-electron chi connectivity index (χ3n) is 3.95. The van der Waals surface area contributed by atoms with Gasteiger partial charge < -0.3 is 5.11 Å². The largest absolute Gasteiger partial charge is 0.386 e. The molecule has 3 rings (SSSR count). The van der Waals surface area contributed by atoms with Crippen LogP contribution in [-0.4, -0.2) is 13.5 Å². The third-order valence-corrected chi connectivity index (χ3v) is 5.41. The van der Waals surface area contributed by atoms with Crippen molar-refractivity contribution >= 4 is 10.0 Å². The highest BCUT2D eigenvalue weighted by atomic mass is 32.2. The molecule has 0 saturated carbocycles. The number of sulfonamides is 1. The fourth-order valence-corrected chi connectivity index (χ4v) is 3.90. The van der Waals surface area contributed by atoms with Crippen LogP contribution in [0.3, 0.4) is 0 Å². The van der Waals surface area contributed by atoms with Crippen molar-refractivity contribution in [3.8, 4) is 0 Å². The van der Waals surface area contributed by atoms with Gasteiger partial charge in [-0.3, -0.25) is 0 Å². The molecule has 0 spiro atoms. The summed E-state index contributed by atoms with van der Waals surface area (Å²) in [6.45, 7) is 0. The minimum Gasteiger partial charge on any atom is -0.386 e. The molecule has 128 valence electrons. The first-order chi connectivity index (χ1) is 12.1. The molecule has 0 bridgehead atoms. The number of hydrogen-bond donors (Lipinski definition) is 2. The lowest BCUT2D eigenvalue weighted by Gasteiger charge is -2.25. The number of aliphatic hydroxyl groups excluding tert-OH is 1. The lowest BCUT2D eigenvalue weighted by Crippen LogP contribution is -2.32.